The Morgan fingerprint density at radius 2 is 1.93 bits per heavy atom. The summed E-state index contributed by atoms with van der Waals surface area (Å²) in [5.74, 6) is -0.141. The van der Waals surface area contributed by atoms with Crippen molar-refractivity contribution in [3.8, 4) is 0 Å². The number of aliphatic hydroxyl groups excluding tert-OH is 3. The molecule has 3 aromatic rings. The van der Waals surface area contributed by atoms with E-state index in [4.69, 9.17) is 4.74 Å². The van der Waals surface area contributed by atoms with Gasteiger partial charge in [-0.1, -0.05) is 18.2 Å². The van der Waals surface area contributed by atoms with Crippen LogP contribution in [-0.2, 0) is 4.74 Å². The van der Waals surface area contributed by atoms with E-state index in [0.29, 0.717) is 16.7 Å². The van der Waals surface area contributed by atoms with E-state index >= 15 is 0 Å². The molecular weight excluding hydrogens is 354 g/mol. The number of hydrogen-bond acceptors (Lipinski definition) is 8. The van der Waals surface area contributed by atoms with Crippen LogP contribution in [0, 0.1) is 0 Å². The molecule has 1 aromatic carbocycles. The predicted molar refractivity (Wildman–Crippen MR) is 92.7 cm³/mol. The molecule has 2 aromatic heterocycles. The van der Waals surface area contributed by atoms with Gasteiger partial charge in [-0.2, -0.15) is 0 Å². The molecule has 3 heterocycles. The molecule has 140 valence electrons. The van der Waals surface area contributed by atoms with Crippen LogP contribution in [0.25, 0.3) is 11.2 Å². The fourth-order valence-corrected chi connectivity index (χ4v) is 3.01. The van der Waals surface area contributed by atoms with Crippen molar-refractivity contribution in [2.75, 3.05) is 11.9 Å². The van der Waals surface area contributed by atoms with Gasteiger partial charge < -0.3 is 25.4 Å². The van der Waals surface area contributed by atoms with E-state index in [1.54, 1.807) is 24.3 Å². The van der Waals surface area contributed by atoms with Crippen molar-refractivity contribution in [3.05, 3.63) is 48.5 Å². The number of nitrogens with zero attached hydrogens (tertiary/aromatic N) is 4. The number of amides is 1. The van der Waals surface area contributed by atoms with Crippen LogP contribution in [0.1, 0.15) is 16.6 Å². The van der Waals surface area contributed by atoms with Gasteiger partial charge in [0.25, 0.3) is 5.91 Å². The van der Waals surface area contributed by atoms with Crippen molar-refractivity contribution < 1.29 is 24.9 Å². The quantitative estimate of drug-likeness (QED) is 0.489. The monoisotopic (exact) mass is 371 g/mol. The van der Waals surface area contributed by atoms with Crippen LogP contribution in [0.15, 0.2) is 43.0 Å². The number of hydrogen-bond donors (Lipinski definition) is 4. The molecule has 1 fully saturated rings. The SMILES string of the molecule is O=C(Nc1ncnc2c1ncn2[C@@H]1O[C@H](CO)C(O)C1O)c1ccccc1. The van der Waals surface area contributed by atoms with Crippen LogP contribution in [0.4, 0.5) is 5.82 Å². The molecule has 0 radical (unpaired) electrons. The minimum Gasteiger partial charge on any atom is -0.394 e. The van der Waals surface area contributed by atoms with Crippen LogP contribution in [0.3, 0.4) is 0 Å². The van der Waals surface area contributed by atoms with Crippen molar-refractivity contribution in [2.24, 2.45) is 0 Å². The van der Waals surface area contributed by atoms with Gasteiger partial charge in [0, 0.05) is 5.56 Å². The molecule has 0 aliphatic carbocycles. The Hall–Kier alpha value is -2.92. The van der Waals surface area contributed by atoms with Crippen molar-refractivity contribution in [2.45, 2.75) is 24.5 Å². The summed E-state index contributed by atoms with van der Waals surface area (Å²) in [6.07, 6.45) is -1.77. The third-order valence-electron chi connectivity index (χ3n) is 4.42. The van der Waals surface area contributed by atoms with E-state index in [0.717, 1.165) is 0 Å². The van der Waals surface area contributed by atoms with Crippen LogP contribution in [-0.4, -0.2) is 65.7 Å². The standard InChI is InChI=1S/C17H17N5O5/c23-6-10-12(24)13(25)17(27-10)22-8-20-11-14(18-7-19-15(11)22)21-16(26)9-4-2-1-3-5-9/h1-5,7-8,10,12-13,17,23-25H,6H2,(H,18,19,21,26)/t10-,12?,13?,17-/m1/s1. The lowest BCUT2D eigenvalue weighted by atomic mass is 10.1. The zero-order chi connectivity index (χ0) is 19.0. The van der Waals surface area contributed by atoms with Gasteiger partial charge in [0.1, 0.15) is 24.6 Å². The van der Waals surface area contributed by atoms with Gasteiger partial charge >= 0.3 is 0 Å². The lowest BCUT2D eigenvalue weighted by molar-refractivity contribution is -0.0511. The minimum atomic E-state index is -1.27. The summed E-state index contributed by atoms with van der Waals surface area (Å²) in [5, 5.41) is 32.1. The molecule has 4 rings (SSSR count). The fraction of sp³-hybridized carbons (Fsp3) is 0.294. The van der Waals surface area contributed by atoms with Crippen molar-refractivity contribution >= 4 is 22.9 Å². The van der Waals surface area contributed by atoms with E-state index < -0.39 is 31.1 Å². The number of aliphatic hydroxyl groups is 3. The van der Waals surface area contributed by atoms with E-state index in [-0.39, 0.29) is 11.7 Å². The third kappa shape index (κ3) is 3.04. The second-order valence-corrected chi connectivity index (χ2v) is 6.10. The Morgan fingerprint density at radius 3 is 2.63 bits per heavy atom. The molecular formula is C17H17N5O5. The molecule has 2 unspecified atom stereocenters. The van der Waals surface area contributed by atoms with Crippen molar-refractivity contribution in [1.29, 1.82) is 0 Å². The maximum absolute atomic E-state index is 12.4. The number of carbonyl (C=O) groups excluding carboxylic acids is 1. The van der Waals surface area contributed by atoms with Gasteiger partial charge in [0.15, 0.2) is 23.2 Å². The first-order valence-electron chi connectivity index (χ1n) is 8.26. The fourth-order valence-electron chi connectivity index (χ4n) is 3.01. The molecule has 1 aliphatic heterocycles. The predicted octanol–water partition coefficient (Wildman–Crippen LogP) is -0.310. The molecule has 0 saturated carbocycles. The number of imidazole rings is 1. The van der Waals surface area contributed by atoms with Gasteiger partial charge in [-0.25, -0.2) is 15.0 Å². The molecule has 0 bridgehead atoms. The van der Waals surface area contributed by atoms with Gasteiger partial charge in [0.05, 0.1) is 12.9 Å². The zero-order valence-corrected chi connectivity index (χ0v) is 14.0. The minimum absolute atomic E-state index is 0.208. The highest BCUT2D eigenvalue weighted by Crippen LogP contribution is 2.32. The maximum atomic E-state index is 12.4. The number of benzene rings is 1. The Labute approximate surface area is 153 Å². The van der Waals surface area contributed by atoms with Crippen molar-refractivity contribution in [3.63, 3.8) is 0 Å². The largest absolute Gasteiger partial charge is 0.394 e. The Kier molecular flexibility index (Phi) is 4.54. The summed E-state index contributed by atoms with van der Waals surface area (Å²) in [6.45, 7) is -0.436. The topological polar surface area (TPSA) is 143 Å². The van der Waals surface area contributed by atoms with E-state index in [9.17, 15) is 20.1 Å². The van der Waals surface area contributed by atoms with E-state index in [1.807, 2.05) is 6.07 Å². The van der Waals surface area contributed by atoms with Gasteiger partial charge in [-0.3, -0.25) is 9.36 Å². The van der Waals surface area contributed by atoms with Crippen LogP contribution >= 0.6 is 0 Å². The molecule has 4 atom stereocenters. The summed E-state index contributed by atoms with van der Waals surface area (Å²) < 4.78 is 6.93. The summed E-state index contributed by atoms with van der Waals surface area (Å²) in [4.78, 5) is 24.8. The van der Waals surface area contributed by atoms with E-state index in [2.05, 4.69) is 20.3 Å². The summed E-state index contributed by atoms with van der Waals surface area (Å²) in [7, 11) is 0. The number of fused-ring (bicyclic) bond motifs is 1. The van der Waals surface area contributed by atoms with Crippen LogP contribution in [0.5, 0.6) is 0 Å². The molecule has 10 nitrogen and oxygen atoms in total. The highest BCUT2D eigenvalue weighted by atomic mass is 16.6. The van der Waals surface area contributed by atoms with Gasteiger partial charge in [-0.05, 0) is 12.1 Å². The molecule has 1 aliphatic rings. The van der Waals surface area contributed by atoms with E-state index in [1.165, 1.54) is 17.2 Å². The smallest absolute Gasteiger partial charge is 0.256 e. The molecule has 1 saturated heterocycles. The third-order valence-corrected chi connectivity index (χ3v) is 4.42. The highest BCUT2D eigenvalue weighted by Gasteiger charge is 2.44. The van der Waals surface area contributed by atoms with Gasteiger partial charge in [-0.15, -0.1) is 0 Å². The molecule has 0 spiro atoms. The average Bonchev–Trinajstić information content (AvgIpc) is 3.25. The second-order valence-electron chi connectivity index (χ2n) is 6.10. The molecule has 10 heteroatoms. The molecule has 1 amide bonds. The highest BCUT2D eigenvalue weighted by molar-refractivity contribution is 6.06. The summed E-state index contributed by atoms with van der Waals surface area (Å²) >= 11 is 0. The van der Waals surface area contributed by atoms with Crippen LogP contribution < -0.4 is 5.32 Å². The van der Waals surface area contributed by atoms with Crippen molar-refractivity contribution in [1.82, 2.24) is 19.5 Å². The lowest BCUT2D eigenvalue weighted by Gasteiger charge is -2.16. The Balaban J connectivity index is 1.65. The Morgan fingerprint density at radius 1 is 1.15 bits per heavy atom. The van der Waals surface area contributed by atoms with Gasteiger partial charge in [0.2, 0.25) is 0 Å². The summed E-state index contributed by atoms with van der Waals surface area (Å²) in [5.41, 5.74) is 1.08. The second kappa shape index (κ2) is 7.00. The first-order chi connectivity index (χ1) is 13.1. The number of carbonyl (C=O) groups is 1. The molecule has 27 heavy (non-hydrogen) atoms. The summed E-state index contributed by atoms with van der Waals surface area (Å²) in [6, 6.07) is 8.65. The first-order valence-corrected chi connectivity index (χ1v) is 8.26. The number of ether oxygens (including phenoxy) is 1. The zero-order valence-electron chi connectivity index (χ0n) is 14.0. The average molecular weight is 371 g/mol. The molecule has 4 N–H and O–H groups in total. The number of rotatable bonds is 4. The van der Waals surface area contributed by atoms with Crippen LogP contribution in [0.2, 0.25) is 0 Å². The number of nitrogens with one attached hydrogen (secondary N) is 1. The maximum Gasteiger partial charge on any atom is 0.256 e. The normalized spacial score (nSPS) is 25.0. The number of anilines is 1. The Bertz CT molecular complexity index is 963. The first kappa shape index (κ1) is 17.5. The lowest BCUT2D eigenvalue weighted by Crippen LogP contribution is -2.33. The number of aromatic nitrogens is 4.